The van der Waals surface area contributed by atoms with E-state index < -0.39 is 0 Å². The van der Waals surface area contributed by atoms with Crippen molar-refractivity contribution in [2.75, 3.05) is 0 Å². The molecule has 6 aromatic carbocycles. The van der Waals surface area contributed by atoms with Gasteiger partial charge < -0.3 is 0 Å². The van der Waals surface area contributed by atoms with Gasteiger partial charge in [-0.3, -0.25) is 0 Å². The highest BCUT2D eigenvalue weighted by atomic mass is 14.9. The Bertz CT molecular complexity index is 2060. The van der Waals surface area contributed by atoms with Crippen LogP contribution < -0.4 is 0 Å². The summed E-state index contributed by atoms with van der Waals surface area (Å²) in [6, 6.07) is 45.6. The molecule has 8 rings (SSSR count). The van der Waals surface area contributed by atoms with Crippen LogP contribution in [0.2, 0.25) is 0 Å². The van der Waals surface area contributed by atoms with Crippen molar-refractivity contribution in [2.45, 2.75) is 0 Å². The minimum absolute atomic E-state index is 0.680. The first-order valence-electron chi connectivity index (χ1n) is 13.3. The number of hydrogen-bond acceptors (Lipinski definition) is 4. The zero-order chi connectivity index (χ0) is 26.5. The average molecular weight is 511 g/mol. The first-order chi connectivity index (χ1) is 19.8. The van der Waals surface area contributed by atoms with Crippen molar-refractivity contribution in [3.8, 4) is 34.2 Å². The van der Waals surface area contributed by atoms with Crippen LogP contribution in [0.1, 0.15) is 0 Å². The second-order valence-electron chi connectivity index (χ2n) is 9.88. The quantitative estimate of drug-likeness (QED) is 0.238. The second kappa shape index (κ2) is 9.07. The van der Waals surface area contributed by atoms with E-state index in [9.17, 15) is 0 Å². The maximum Gasteiger partial charge on any atom is 0.161 e. The van der Waals surface area contributed by atoms with Gasteiger partial charge in [0, 0.05) is 21.9 Å². The third-order valence-corrected chi connectivity index (χ3v) is 7.49. The summed E-state index contributed by atoms with van der Waals surface area (Å²) in [5.74, 6) is 1.36. The highest BCUT2D eigenvalue weighted by Gasteiger charge is 2.19. The lowest BCUT2D eigenvalue weighted by Gasteiger charge is -2.14. The molecule has 0 radical (unpaired) electrons. The smallest absolute Gasteiger partial charge is 0.161 e. The molecular weight excluding hydrogens is 488 g/mol. The van der Waals surface area contributed by atoms with E-state index in [0.717, 1.165) is 65.9 Å². The normalized spacial score (nSPS) is 11.5. The zero-order valence-corrected chi connectivity index (χ0v) is 21.5. The van der Waals surface area contributed by atoms with E-state index in [1.807, 2.05) is 36.4 Å². The fraction of sp³-hybridized carbons (Fsp3) is 0. The number of rotatable bonds is 3. The minimum Gasteiger partial charge on any atom is -0.228 e. The van der Waals surface area contributed by atoms with Gasteiger partial charge in [0.05, 0.1) is 11.0 Å². The van der Waals surface area contributed by atoms with Crippen molar-refractivity contribution >= 4 is 43.4 Å². The molecule has 0 unspecified atom stereocenters. The highest BCUT2D eigenvalue weighted by molar-refractivity contribution is 6.04. The zero-order valence-electron chi connectivity index (χ0n) is 21.5. The standard InChI is InChI=1S/C36H22N4/c1-3-15-25-23(11-1)13-9-19-27(25)35-37-31-21-7-5-17-29(31)33(39-35)34-30-18-6-8-22-32(30)38-36(40-34)28-20-10-14-24-12-2-4-16-26(24)28/h1-22H. The van der Waals surface area contributed by atoms with Gasteiger partial charge >= 0.3 is 0 Å². The molecule has 0 aliphatic carbocycles. The Morgan fingerprint density at radius 3 is 1.15 bits per heavy atom. The molecule has 0 saturated heterocycles. The molecule has 8 aromatic rings. The van der Waals surface area contributed by atoms with Crippen molar-refractivity contribution in [2.24, 2.45) is 0 Å². The fourth-order valence-electron chi connectivity index (χ4n) is 5.60. The number of aromatic nitrogens is 4. The van der Waals surface area contributed by atoms with Crippen LogP contribution >= 0.6 is 0 Å². The van der Waals surface area contributed by atoms with Gasteiger partial charge in [0.15, 0.2) is 11.6 Å². The molecule has 2 heterocycles. The van der Waals surface area contributed by atoms with E-state index in [1.54, 1.807) is 0 Å². The molecule has 0 N–H and O–H groups in total. The number of benzene rings is 6. The third-order valence-electron chi connectivity index (χ3n) is 7.49. The molecule has 0 fully saturated rings. The number of para-hydroxylation sites is 2. The summed E-state index contributed by atoms with van der Waals surface area (Å²) in [4.78, 5) is 20.5. The van der Waals surface area contributed by atoms with Crippen LogP contribution in [0.5, 0.6) is 0 Å². The Hall–Kier alpha value is -5.48. The second-order valence-corrected chi connectivity index (χ2v) is 9.88. The minimum atomic E-state index is 0.680. The maximum atomic E-state index is 5.24. The number of fused-ring (bicyclic) bond motifs is 4. The summed E-state index contributed by atoms with van der Waals surface area (Å²) in [7, 11) is 0. The van der Waals surface area contributed by atoms with E-state index in [0.29, 0.717) is 11.6 Å². The molecule has 0 aliphatic heterocycles. The molecule has 0 atom stereocenters. The molecule has 0 spiro atoms. The highest BCUT2D eigenvalue weighted by Crippen LogP contribution is 2.36. The van der Waals surface area contributed by atoms with Gasteiger partial charge in [-0.25, -0.2) is 19.9 Å². The van der Waals surface area contributed by atoms with Gasteiger partial charge in [-0.1, -0.05) is 121 Å². The summed E-state index contributed by atoms with van der Waals surface area (Å²) >= 11 is 0. The van der Waals surface area contributed by atoms with Crippen molar-refractivity contribution in [3.63, 3.8) is 0 Å². The molecule has 4 nitrogen and oxygen atoms in total. The fourth-order valence-corrected chi connectivity index (χ4v) is 5.60. The Balaban J connectivity index is 1.46. The molecule has 186 valence electrons. The van der Waals surface area contributed by atoms with Gasteiger partial charge in [0.1, 0.15) is 11.4 Å². The van der Waals surface area contributed by atoms with Crippen LogP contribution in [-0.4, -0.2) is 19.9 Å². The monoisotopic (exact) mass is 510 g/mol. The molecule has 0 aliphatic rings. The van der Waals surface area contributed by atoms with Gasteiger partial charge in [-0.15, -0.1) is 0 Å². The summed E-state index contributed by atoms with van der Waals surface area (Å²) in [6.45, 7) is 0. The van der Waals surface area contributed by atoms with Crippen LogP contribution in [0.3, 0.4) is 0 Å². The van der Waals surface area contributed by atoms with Crippen LogP contribution in [0.4, 0.5) is 0 Å². The first kappa shape index (κ1) is 22.5. The lowest BCUT2D eigenvalue weighted by Crippen LogP contribution is -2.00. The summed E-state index contributed by atoms with van der Waals surface area (Å²) in [6.07, 6.45) is 0. The Morgan fingerprint density at radius 1 is 0.300 bits per heavy atom. The molecule has 0 amide bonds. The van der Waals surface area contributed by atoms with E-state index in [4.69, 9.17) is 19.9 Å². The van der Waals surface area contributed by atoms with E-state index in [2.05, 4.69) is 97.1 Å². The molecule has 4 heteroatoms. The van der Waals surface area contributed by atoms with Crippen molar-refractivity contribution in [1.82, 2.24) is 19.9 Å². The van der Waals surface area contributed by atoms with Crippen LogP contribution in [0.25, 0.3) is 77.5 Å². The van der Waals surface area contributed by atoms with Crippen LogP contribution in [-0.2, 0) is 0 Å². The summed E-state index contributed by atoms with van der Waals surface area (Å²) in [5, 5.41) is 6.47. The maximum absolute atomic E-state index is 5.24. The molecule has 2 aromatic heterocycles. The van der Waals surface area contributed by atoms with Crippen molar-refractivity contribution < 1.29 is 0 Å². The van der Waals surface area contributed by atoms with Crippen molar-refractivity contribution in [1.29, 1.82) is 0 Å². The topological polar surface area (TPSA) is 51.6 Å². The lowest BCUT2D eigenvalue weighted by atomic mass is 10.0. The SMILES string of the molecule is c1ccc2c(-c3nc(-c4nc(-c5cccc6ccccc56)nc5ccccc45)c4ccccc4n3)cccc2c1. The largest absolute Gasteiger partial charge is 0.228 e. The van der Waals surface area contributed by atoms with Crippen LogP contribution in [0, 0.1) is 0 Å². The molecule has 40 heavy (non-hydrogen) atoms. The lowest BCUT2D eigenvalue weighted by molar-refractivity contribution is 1.19. The van der Waals surface area contributed by atoms with Gasteiger partial charge in [-0.05, 0) is 33.7 Å². The first-order valence-corrected chi connectivity index (χ1v) is 13.3. The van der Waals surface area contributed by atoms with Gasteiger partial charge in [-0.2, -0.15) is 0 Å². The Morgan fingerprint density at radius 2 is 0.675 bits per heavy atom. The summed E-state index contributed by atoms with van der Waals surface area (Å²) in [5.41, 5.74) is 5.35. The number of hydrogen-bond donors (Lipinski definition) is 0. The molecular formula is C36H22N4. The Labute approximate surface area is 230 Å². The van der Waals surface area contributed by atoms with E-state index in [-0.39, 0.29) is 0 Å². The number of nitrogens with zero attached hydrogens (tertiary/aromatic N) is 4. The molecule has 0 bridgehead atoms. The summed E-state index contributed by atoms with van der Waals surface area (Å²) < 4.78 is 0. The van der Waals surface area contributed by atoms with E-state index in [1.165, 1.54) is 0 Å². The predicted octanol–water partition coefficient (Wildman–Crippen LogP) is 8.88. The van der Waals surface area contributed by atoms with Gasteiger partial charge in [0.25, 0.3) is 0 Å². The Kier molecular flexibility index (Phi) is 5.10. The molecule has 0 saturated carbocycles. The van der Waals surface area contributed by atoms with Gasteiger partial charge in [0.2, 0.25) is 0 Å². The van der Waals surface area contributed by atoms with Crippen molar-refractivity contribution in [3.05, 3.63) is 133 Å². The third kappa shape index (κ3) is 3.62. The van der Waals surface area contributed by atoms with Crippen LogP contribution in [0.15, 0.2) is 133 Å². The van der Waals surface area contributed by atoms with E-state index >= 15 is 0 Å². The average Bonchev–Trinajstić information content (AvgIpc) is 3.03. The predicted molar refractivity (Wildman–Crippen MR) is 164 cm³/mol.